The fourth-order valence-corrected chi connectivity index (χ4v) is 2.30. The Morgan fingerprint density at radius 3 is 1.92 bits per heavy atom. The number of nitrogens with one attached hydrogen (secondary N) is 1. The Labute approximate surface area is 133 Å². The summed E-state index contributed by atoms with van der Waals surface area (Å²) in [7, 11) is 0. The van der Waals surface area contributed by atoms with Gasteiger partial charge in [-0.1, -0.05) is 0 Å². The lowest BCUT2D eigenvalue weighted by atomic mass is 10.00. The van der Waals surface area contributed by atoms with E-state index in [2.05, 4.69) is 5.32 Å². The molecular formula is C15H15F6NO2. The maximum atomic E-state index is 12.7. The maximum Gasteiger partial charge on any atom is 0.416 e. The van der Waals surface area contributed by atoms with Gasteiger partial charge >= 0.3 is 12.4 Å². The molecule has 0 heterocycles. The van der Waals surface area contributed by atoms with Crippen LogP contribution in [0.2, 0.25) is 0 Å². The Bertz CT molecular complexity index is 600. The Kier molecular flexibility index (Phi) is 4.60. The lowest BCUT2D eigenvalue weighted by Gasteiger charge is -2.23. The van der Waals surface area contributed by atoms with Crippen molar-refractivity contribution in [3.8, 4) is 0 Å². The molecule has 2 N–H and O–H groups in total. The third-order valence-corrected chi connectivity index (χ3v) is 3.91. The van der Waals surface area contributed by atoms with E-state index in [1.54, 1.807) is 0 Å². The molecule has 9 heteroatoms. The predicted molar refractivity (Wildman–Crippen MR) is 72.1 cm³/mol. The number of halogens is 6. The van der Waals surface area contributed by atoms with Gasteiger partial charge in [-0.25, -0.2) is 0 Å². The molecule has 3 nitrogen and oxygen atoms in total. The van der Waals surface area contributed by atoms with Gasteiger partial charge in [0.05, 0.1) is 16.7 Å². The number of benzene rings is 1. The summed E-state index contributed by atoms with van der Waals surface area (Å²) < 4.78 is 76.5. The van der Waals surface area contributed by atoms with E-state index in [4.69, 9.17) is 0 Å². The average molecular weight is 355 g/mol. The molecule has 1 amide bonds. The van der Waals surface area contributed by atoms with Gasteiger partial charge < -0.3 is 10.4 Å². The molecule has 0 saturated heterocycles. The van der Waals surface area contributed by atoms with E-state index < -0.39 is 40.6 Å². The minimum absolute atomic E-state index is 0.0370. The predicted octanol–water partition coefficient (Wildman–Crippen LogP) is 3.62. The molecule has 1 saturated carbocycles. The third kappa shape index (κ3) is 4.40. The summed E-state index contributed by atoms with van der Waals surface area (Å²) in [4.78, 5) is 11.9. The van der Waals surface area contributed by atoms with Crippen molar-refractivity contribution < 1.29 is 36.2 Å². The van der Waals surface area contributed by atoms with E-state index in [0.29, 0.717) is 12.1 Å². The molecule has 1 aromatic carbocycles. The number of hydrogen-bond donors (Lipinski definition) is 2. The van der Waals surface area contributed by atoms with E-state index in [-0.39, 0.29) is 18.5 Å². The van der Waals surface area contributed by atoms with E-state index in [0.717, 1.165) is 12.8 Å². The molecule has 1 atom stereocenters. The van der Waals surface area contributed by atoms with Gasteiger partial charge in [0.2, 0.25) is 0 Å². The molecule has 24 heavy (non-hydrogen) atoms. The molecule has 1 fully saturated rings. The van der Waals surface area contributed by atoms with Crippen LogP contribution in [0.4, 0.5) is 26.3 Å². The second-order valence-corrected chi connectivity index (χ2v) is 6.11. The first-order valence-electron chi connectivity index (χ1n) is 7.11. The summed E-state index contributed by atoms with van der Waals surface area (Å²) in [6.45, 7) is 1.20. The van der Waals surface area contributed by atoms with Crippen molar-refractivity contribution in [1.82, 2.24) is 5.32 Å². The second kappa shape index (κ2) is 5.94. The smallest absolute Gasteiger partial charge is 0.388 e. The summed E-state index contributed by atoms with van der Waals surface area (Å²) in [5.41, 5.74) is -5.12. The van der Waals surface area contributed by atoms with Crippen molar-refractivity contribution in [2.45, 2.75) is 37.7 Å². The highest BCUT2D eigenvalue weighted by molar-refractivity contribution is 5.94. The van der Waals surface area contributed by atoms with Crippen LogP contribution in [0.15, 0.2) is 18.2 Å². The molecule has 2 rings (SSSR count). The SMILES string of the molecule is C[C@@](O)(CNC(=O)c1cc(C(F)(F)F)cc(C(F)(F)F)c1)C1CC1. The van der Waals surface area contributed by atoms with Gasteiger partial charge in [-0.15, -0.1) is 0 Å². The van der Waals surface area contributed by atoms with Crippen LogP contribution in [0.3, 0.4) is 0 Å². The van der Waals surface area contributed by atoms with Gasteiger partial charge in [-0.05, 0) is 43.9 Å². The van der Waals surface area contributed by atoms with E-state index in [9.17, 15) is 36.2 Å². The quantitative estimate of drug-likeness (QED) is 0.811. The molecular weight excluding hydrogens is 340 g/mol. The van der Waals surface area contributed by atoms with Gasteiger partial charge in [-0.3, -0.25) is 4.79 Å². The number of amides is 1. The van der Waals surface area contributed by atoms with E-state index in [1.807, 2.05) is 0 Å². The summed E-state index contributed by atoms with van der Waals surface area (Å²) in [5.74, 6) is -1.14. The van der Waals surface area contributed by atoms with Gasteiger partial charge in [0.25, 0.3) is 5.91 Å². The van der Waals surface area contributed by atoms with Crippen LogP contribution < -0.4 is 5.32 Å². The van der Waals surface area contributed by atoms with E-state index >= 15 is 0 Å². The lowest BCUT2D eigenvalue weighted by Crippen LogP contribution is -2.42. The Morgan fingerprint density at radius 2 is 1.54 bits per heavy atom. The zero-order chi connectivity index (χ0) is 18.3. The van der Waals surface area contributed by atoms with Gasteiger partial charge in [0.15, 0.2) is 0 Å². The standard InChI is InChI=1S/C15H15F6NO2/c1-13(24,9-2-3-9)7-22-12(23)8-4-10(14(16,17)18)6-11(5-8)15(19,20)21/h4-6,9,24H,2-3,7H2,1H3,(H,22,23)/t13-/m1/s1. The first kappa shape index (κ1) is 18.6. The second-order valence-electron chi connectivity index (χ2n) is 6.11. The number of alkyl halides is 6. The molecule has 1 aliphatic carbocycles. The number of rotatable bonds is 4. The van der Waals surface area contributed by atoms with Gasteiger partial charge in [-0.2, -0.15) is 26.3 Å². The van der Waals surface area contributed by atoms with Gasteiger partial charge in [0, 0.05) is 12.1 Å². The number of carbonyl (C=O) groups excluding carboxylic acids is 1. The van der Waals surface area contributed by atoms with E-state index in [1.165, 1.54) is 6.92 Å². The topological polar surface area (TPSA) is 49.3 Å². The van der Waals surface area contributed by atoms with Gasteiger partial charge in [0.1, 0.15) is 0 Å². The molecule has 0 radical (unpaired) electrons. The first-order chi connectivity index (χ1) is 10.8. The zero-order valence-electron chi connectivity index (χ0n) is 12.6. The number of aliphatic hydroxyl groups is 1. The highest BCUT2D eigenvalue weighted by Crippen LogP contribution is 2.39. The number of carbonyl (C=O) groups is 1. The minimum Gasteiger partial charge on any atom is -0.388 e. The van der Waals surface area contributed by atoms with Crippen LogP contribution in [0.5, 0.6) is 0 Å². The first-order valence-corrected chi connectivity index (χ1v) is 7.11. The molecule has 0 aromatic heterocycles. The zero-order valence-corrected chi connectivity index (χ0v) is 12.6. The lowest BCUT2D eigenvalue weighted by molar-refractivity contribution is -0.143. The summed E-state index contributed by atoms with van der Waals surface area (Å²) in [5, 5.41) is 12.2. The van der Waals surface area contributed by atoms with Crippen molar-refractivity contribution in [2.24, 2.45) is 5.92 Å². The van der Waals surface area contributed by atoms with Crippen LogP contribution in [-0.2, 0) is 12.4 Å². The summed E-state index contributed by atoms with van der Waals surface area (Å²) >= 11 is 0. The fraction of sp³-hybridized carbons (Fsp3) is 0.533. The van der Waals surface area contributed by atoms with Crippen LogP contribution >= 0.6 is 0 Å². The molecule has 1 aliphatic rings. The van der Waals surface area contributed by atoms with Crippen molar-refractivity contribution in [1.29, 1.82) is 0 Å². The molecule has 0 aliphatic heterocycles. The number of hydrogen-bond acceptors (Lipinski definition) is 2. The molecule has 0 bridgehead atoms. The Morgan fingerprint density at radius 1 is 1.08 bits per heavy atom. The maximum absolute atomic E-state index is 12.7. The molecule has 0 unspecified atom stereocenters. The van der Waals surface area contributed by atoms with Crippen molar-refractivity contribution in [3.05, 3.63) is 34.9 Å². The minimum atomic E-state index is -5.02. The van der Waals surface area contributed by atoms with Crippen molar-refractivity contribution >= 4 is 5.91 Å². The summed E-state index contributed by atoms with van der Waals surface area (Å²) in [6.07, 6.45) is -8.53. The van der Waals surface area contributed by atoms with Crippen molar-refractivity contribution in [3.63, 3.8) is 0 Å². The average Bonchev–Trinajstić information content (AvgIpc) is 3.27. The fourth-order valence-electron chi connectivity index (χ4n) is 2.30. The van der Waals surface area contributed by atoms with Crippen LogP contribution in [0.1, 0.15) is 41.3 Å². The normalized spacial score (nSPS) is 18.2. The summed E-state index contributed by atoms with van der Waals surface area (Å²) in [6, 6.07) is 0.671. The van der Waals surface area contributed by atoms with Crippen LogP contribution in [-0.4, -0.2) is 23.2 Å². The highest BCUT2D eigenvalue weighted by atomic mass is 19.4. The molecule has 134 valence electrons. The van der Waals surface area contributed by atoms with Crippen LogP contribution in [0.25, 0.3) is 0 Å². The highest BCUT2D eigenvalue weighted by Gasteiger charge is 2.40. The van der Waals surface area contributed by atoms with Crippen molar-refractivity contribution in [2.75, 3.05) is 6.54 Å². The Balaban J connectivity index is 2.26. The monoisotopic (exact) mass is 355 g/mol. The Hall–Kier alpha value is -1.77. The molecule has 0 spiro atoms. The molecule has 1 aromatic rings. The third-order valence-electron chi connectivity index (χ3n) is 3.91. The largest absolute Gasteiger partial charge is 0.416 e. The van der Waals surface area contributed by atoms with Crippen LogP contribution in [0, 0.1) is 5.92 Å².